The van der Waals surface area contributed by atoms with Crippen molar-refractivity contribution in [3.63, 3.8) is 0 Å². The summed E-state index contributed by atoms with van der Waals surface area (Å²) >= 11 is 0. The molecule has 0 radical (unpaired) electrons. The summed E-state index contributed by atoms with van der Waals surface area (Å²) in [5.74, 6) is -1.70. The lowest BCUT2D eigenvalue weighted by atomic mass is 10.0. The van der Waals surface area contributed by atoms with Gasteiger partial charge >= 0.3 is 20.9 Å². The third-order valence-corrected chi connectivity index (χ3v) is 6.67. The number of amides is 2. The molecule has 2 fully saturated rings. The van der Waals surface area contributed by atoms with Crippen molar-refractivity contribution in [2.24, 2.45) is 7.05 Å². The number of alkyl carbamates (subject to hydrolysis) is 1. The van der Waals surface area contributed by atoms with Gasteiger partial charge in [-0.2, -0.15) is 18.3 Å². The zero-order chi connectivity index (χ0) is 28.5. The number of carbonyl (C=O) groups is 2. The first-order chi connectivity index (χ1) is 18.2. The van der Waals surface area contributed by atoms with Gasteiger partial charge in [0.25, 0.3) is 5.91 Å². The molecule has 2 aliphatic carbocycles. The maximum absolute atomic E-state index is 14.7. The van der Waals surface area contributed by atoms with Crippen molar-refractivity contribution in [1.29, 1.82) is 0 Å². The van der Waals surface area contributed by atoms with Crippen molar-refractivity contribution in [3.05, 3.63) is 23.5 Å². The number of nitrogens with one attached hydrogen (secondary N) is 2. The van der Waals surface area contributed by atoms with Crippen LogP contribution in [0.25, 0.3) is 0 Å². The number of halogens is 4. The van der Waals surface area contributed by atoms with E-state index in [2.05, 4.69) is 25.6 Å². The van der Waals surface area contributed by atoms with Crippen molar-refractivity contribution < 1.29 is 50.9 Å². The van der Waals surface area contributed by atoms with Gasteiger partial charge < -0.3 is 29.9 Å². The van der Waals surface area contributed by atoms with Crippen LogP contribution in [0.5, 0.6) is 5.88 Å². The van der Waals surface area contributed by atoms with Gasteiger partial charge in [0, 0.05) is 30.6 Å². The van der Waals surface area contributed by atoms with Gasteiger partial charge in [-0.25, -0.2) is 13.9 Å². The molecule has 0 saturated heterocycles. The highest BCUT2D eigenvalue weighted by atomic mass is 31.2. The van der Waals surface area contributed by atoms with E-state index < -0.39 is 64.2 Å². The smallest absolute Gasteiger partial charge is 0.422 e. The van der Waals surface area contributed by atoms with E-state index in [1.54, 1.807) is 0 Å². The van der Waals surface area contributed by atoms with Crippen molar-refractivity contribution in [2.75, 3.05) is 11.9 Å². The van der Waals surface area contributed by atoms with Gasteiger partial charge in [-0.15, -0.1) is 5.10 Å². The summed E-state index contributed by atoms with van der Waals surface area (Å²) in [5.41, 5.74) is -0.163. The summed E-state index contributed by atoms with van der Waals surface area (Å²) in [6.07, 6.45) is -6.04. The Morgan fingerprint density at radius 3 is 2.59 bits per heavy atom. The molecule has 2 aromatic rings. The van der Waals surface area contributed by atoms with Gasteiger partial charge in [0.15, 0.2) is 6.61 Å². The second kappa shape index (κ2) is 11.2. The van der Waals surface area contributed by atoms with Crippen molar-refractivity contribution >= 4 is 26.4 Å². The molecule has 2 heterocycles. The summed E-state index contributed by atoms with van der Waals surface area (Å²) in [6.45, 7) is -0.228. The lowest BCUT2D eigenvalue weighted by Gasteiger charge is -2.17. The predicted octanol–water partition coefficient (Wildman–Crippen LogP) is 2.86. The molecule has 216 valence electrons. The summed E-state index contributed by atoms with van der Waals surface area (Å²) in [5, 5.41) is 13.2. The molecule has 2 aliphatic rings. The SMILES string of the molecule is Cn1nc(OCC(F)(F)F)cc1C(=O)Nc1cc(C2CC(F)C(OC(=O)NC3(C)CC3)C2)nn1COP(O)O. The van der Waals surface area contributed by atoms with Crippen molar-refractivity contribution in [3.8, 4) is 5.88 Å². The Labute approximate surface area is 220 Å². The van der Waals surface area contributed by atoms with Crippen LogP contribution in [0.3, 0.4) is 0 Å². The minimum atomic E-state index is -4.59. The summed E-state index contributed by atoms with van der Waals surface area (Å²) in [7, 11) is -1.44. The molecule has 3 unspecified atom stereocenters. The Bertz CT molecular complexity index is 1200. The van der Waals surface area contributed by atoms with Crippen LogP contribution in [-0.4, -0.2) is 71.9 Å². The topological polar surface area (TPSA) is 162 Å². The molecule has 18 heteroatoms. The van der Waals surface area contributed by atoms with Crippen LogP contribution in [0.15, 0.2) is 12.1 Å². The zero-order valence-corrected chi connectivity index (χ0v) is 21.7. The molecule has 39 heavy (non-hydrogen) atoms. The highest BCUT2D eigenvalue weighted by Crippen LogP contribution is 2.39. The van der Waals surface area contributed by atoms with E-state index >= 15 is 0 Å². The van der Waals surface area contributed by atoms with E-state index in [-0.39, 0.29) is 29.9 Å². The van der Waals surface area contributed by atoms with Crippen LogP contribution in [0, 0.1) is 0 Å². The van der Waals surface area contributed by atoms with Crippen molar-refractivity contribution in [2.45, 2.75) is 69.2 Å². The summed E-state index contributed by atoms with van der Waals surface area (Å²) in [6, 6.07) is 2.43. The van der Waals surface area contributed by atoms with Gasteiger partial charge in [0.05, 0.1) is 5.69 Å². The second-order valence-corrected chi connectivity index (χ2v) is 10.4. The largest absolute Gasteiger partial charge is 0.467 e. The first kappa shape index (κ1) is 29.0. The highest BCUT2D eigenvalue weighted by Gasteiger charge is 2.43. The monoisotopic (exact) mass is 582 g/mol. The Balaban J connectivity index is 1.46. The van der Waals surface area contributed by atoms with Crippen LogP contribution in [0.4, 0.5) is 28.2 Å². The van der Waals surface area contributed by atoms with Crippen molar-refractivity contribution in [1.82, 2.24) is 24.9 Å². The minimum Gasteiger partial charge on any atom is -0.467 e. The summed E-state index contributed by atoms with van der Waals surface area (Å²) in [4.78, 5) is 43.2. The fraction of sp³-hybridized carbons (Fsp3) is 0.619. The molecule has 0 bridgehead atoms. The molecule has 3 atom stereocenters. The lowest BCUT2D eigenvalue weighted by Crippen LogP contribution is -2.38. The number of hydrogen-bond acceptors (Lipinski definition) is 9. The van der Waals surface area contributed by atoms with E-state index in [9.17, 15) is 27.2 Å². The maximum atomic E-state index is 14.7. The molecular formula is C21H27F4N6O7P. The number of carbonyl (C=O) groups excluding carboxylic acids is 2. The molecule has 2 amide bonds. The zero-order valence-electron chi connectivity index (χ0n) is 20.8. The number of aryl methyl sites for hydroxylation is 1. The van der Waals surface area contributed by atoms with E-state index in [1.807, 2.05) is 6.92 Å². The molecule has 0 aromatic carbocycles. The normalized spacial score (nSPS) is 22.1. The predicted molar refractivity (Wildman–Crippen MR) is 125 cm³/mol. The molecule has 2 aromatic heterocycles. The molecular weight excluding hydrogens is 555 g/mol. The van der Waals surface area contributed by atoms with Crippen LogP contribution >= 0.6 is 8.60 Å². The Kier molecular flexibility index (Phi) is 8.35. The molecule has 4 rings (SSSR count). The first-order valence-corrected chi connectivity index (χ1v) is 12.9. The average molecular weight is 582 g/mol. The highest BCUT2D eigenvalue weighted by molar-refractivity contribution is 7.39. The lowest BCUT2D eigenvalue weighted by molar-refractivity contribution is -0.154. The van der Waals surface area contributed by atoms with Gasteiger partial charge in [-0.1, -0.05) is 0 Å². The van der Waals surface area contributed by atoms with E-state index in [1.165, 1.54) is 13.1 Å². The Morgan fingerprint density at radius 2 is 1.95 bits per heavy atom. The number of aromatic nitrogens is 4. The number of nitrogens with zero attached hydrogens (tertiary/aromatic N) is 4. The quantitative estimate of drug-likeness (QED) is 0.244. The molecule has 0 aliphatic heterocycles. The van der Waals surface area contributed by atoms with E-state index in [4.69, 9.17) is 19.0 Å². The van der Waals surface area contributed by atoms with E-state index in [0.29, 0.717) is 5.69 Å². The van der Waals surface area contributed by atoms with E-state index in [0.717, 1.165) is 28.3 Å². The second-order valence-electron chi connectivity index (χ2n) is 9.63. The Morgan fingerprint density at radius 1 is 1.23 bits per heavy atom. The molecule has 4 N–H and O–H groups in total. The fourth-order valence-electron chi connectivity index (χ4n) is 4.04. The fourth-order valence-corrected chi connectivity index (χ4v) is 4.25. The molecule has 13 nitrogen and oxygen atoms in total. The third kappa shape index (κ3) is 7.77. The summed E-state index contributed by atoms with van der Waals surface area (Å²) < 4.78 is 68.8. The number of ether oxygens (including phenoxy) is 2. The Hall–Kier alpha value is -3.01. The van der Waals surface area contributed by atoms with Crippen LogP contribution in [0.1, 0.15) is 54.7 Å². The number of alkyl halides is 4. The van der Waals surface area contributed by atoms with Crippen LogP contribution in [0.2, 0.25) is 0 Å². The van der Waals surface area contributed by atoms with Crippen LogP contribution in [-0.2, 0) is 23.0 Å². The number of anilines is 1. The van der Waals surface area contributed by atoms with Crippen LogP contribution < -0.4 is 15.4 Å². The maximum Gasteiger partial charge on any atom is 0.422 e. The van der Waals surface area contributed by atoms with Gasteiger partial charge in [0.2, 0.25) is 5.88 Å². The van der Waals surface area contributed by atoms with Gasteiger partial charge in [0.1, 0.15) is 30.5 Å². The first-order valence-electron chi connectivity index (χ1n) is 11.8. The standard InChI is InChI=1S/C21H27F4N6O7P/c1-20(3-4-20)27-19(33)38-15-6-11(5-12(15)22)13-7-16(31(28-13)10-37-39(34)35)26-18(32)14-8-17(29-30(14)2)36-9-21(23,24)25/h7-8,11-12,15,34-35H,3-6,9-10H2,1-2H3,(H,26,32)(H,27,33). The molecule has 2 saturated carbocycles. The number of hydrogen-bond donors (Lipinski definition) is 4. The average Bonchev–Trinajstić information content (AvgIpc) is 3.13. The van der Waals surface area contributed by atoms with Gasteiger partial charge in [-0.3, -0.25) is 14.0 Å². The van der Waals surface area contributed by atoms with Gasteiger partial charge in [-0.05, 0) is 32.6 Å². The number of rotatable bonds is 10. The third-order valence-electron chi connectivity index (χ3n) is 6.32. The minimum absolute atomic E-state index is 0.0185. The molecule has 0 spiro atoms.